The minimum absolute atomic E-state index is 0.350. The zero-order chi connectivity index (χ0) is 12.5. The number of aromatic hydroxyl groups is 1. The molecule has 0 amide bonds. The van der Waals surface area contributed by atoms with Crippen LogP contribution >= 0.6 is 0 Å². The maximum atomic E-state index is 9.96. The van der Waals surface area contributed by atoms with Gasteiger partial charge in [-0.05, 0) is 43.2 Å². The summed E-state index contributed by atoms with van der Waals surface area (Å²) < 4.78 is 5.30. The molecule has 1 fully saturated rings. The predicted molar refractivity (Wildman–Crippen MR) is 76.8 cm³/mol. The van der Waals surface area contributed by atoms with Gasteiger partial charge in [0.15, 0.2) is 4.90 Å². The molecule has 94 valence electrons. The van der Waals surface area contributed by atoms with Gasteiger partial charge in [0, 0.05) is 21.7 Å². The molecular weight excluding hydrogens is 244 g/mol. The van der Waals surface area contributed by atoms with E-state index in [-0.39, 0.29) is 0 Å². The normalized spacial score (nSPS) is 16.3. The van der Waals surface area contributed by atoms with Crippen molar-refractivity contribution in [2.75, 3.05) is 18.6 Å². The molecule has 0 aromatic heterocycles. The number of ether oxygens (including phenoxy) is 1. The van der Waals surface area contributed by atoms with Gasteiger partial charge in [-0.3, -0.25) is 0 Å². The molecule has 0 bridgehead atoms. The van der Waals surface area contributed by atoms with Crippen LogP contribution < -0.4 is 4.74 Å². The van der Waals surface area contributed by atoms with Crippen molar-refractivity contribution in [3.8, 4) is 11.5 Å². The van der Waals surface area contributed by atoms with Crippen LogP contribution in [0.1, 0.15) is 12.8 Å². The van der Waals surface area contributed by atoms with Crippen LogP contribution in [-0.2, 0) is 10.9 Å². The summed E-state index contributed by atoms with van der Waals surface area (Å²) in [4.78, 5) is 1.39. The van der Waals surface area contributed by atoms with E-state index >= 15 is 0 Å². The molecule has 0 saturated carbocycles. The summed E-state index contributed by atoms with van der Waals surface area (Å²) in [5.41, 5.74) is 0. The Hall–Kier alpha value is -1.35. The number of methoxy groups -OCH3 is 1. The molecule has 2 aromatic carbocycles. The van der Waals surface area contributed by atoms with Gasteiger partial charge in [0.1, 0.15) is 23.0 Å². The topological polar surface area (TPSA) is 29.5 Å². The fraction of sp³-hybridized carbons (Fsp3) is 0.333. The van der Waals surface area contributed by atoms with Gasteiger partial charge in [0.2, 0.25) is 0 Å². The van der Waals surface area contributed by atoms with Crippen molar-refractivity contribution >= 4 is 21.7 Å². The number of phenols is 1. The van der Waals surface area contributed by atoms with Crippen molar-refractivity contribution in [3.63, 3.8) is 0 Å². The first kappa shape index (κ1) is 11.7. The maximum Gasteiger partial charge on any atom is 0.163 e. The minimum Gasteiger partial charge on any atom is -0.507 e. The van der Waals surface area contributed by atoms with Crippen LogP contribution in [0, 0.1) is 0 Å². The lowest BCUT2D eigenvalue weighted by atomic mass is 10.1. The monoisotopic (exact) mass is 261 g/mol. The second-order valence-corrected chi connectivity index (χ2v) is 6.84. The highest BCUT2D eigenvalue weighted by molar-refractivity contribution is 7.97. The molecule has 0 aliphatic carbocycles. The average Bonchev–Trinajstić information content (AvgIpc) is 2.92. The van der Waals surface area contributed by atoms with Gasteiger partial charge in [0.05, 0.1) is 7.11 Å². The first-order valence-electron chi connectivity index (χ1n) is 6.27. The van der Waals surface area contributed by atoms with Crippen LogP contribution in [0.5, 0.6) is 11.5 Å². The zero-order valence-corrected chi connectivity index (χ0v) is 11.3. The van der Waals surface area contributed by atoms with E-state index in [1.54, 1.807) is 7.11 Å². The Kier molecular flexibility index (Phi) is 3.08. The largest absolute Gasteiger partial charge is 0.507 e. The van der Waals surface area contributed by atoms with E-state index < -0.39 is 0 Å². The second-order valence-electron chi connectivity index (χ2n) is 4.60. The highest BCUT2D eigenvalue weighted by Crippen LogP contribution is 2.35. The van der Waals surface area contributed by atoms with Crippen molar-refractivity contribution in [1.82, 2.24) is 0 Å². The molecule has 2 aromatic rings. The lowest BCUT2D eigenvalue weighted by molar-refractivity contribution is 0.415. The fourth-order valence-electron chi connectivity index (χ4n) is 2.54. The first-order valence-corrected chi connectivity index (χ1v) is 7.83. The van der Waals surface area contributed by atoms with E-state index in [9.17, 15) is 5.11 Å². The molecule has 0 spiro atoms. The molecule has 18 heavy (non-hydrogen) atoms. The number of phenolic OH excluding ortho intramolecular Hbond substituents is 1. The number of fused-ring (bicyclic) bond motifs is 1. The van der Waals surface area contributed by atoms with E-state index in [1.165, 1.54) is 29.2 Å². The maximum absolute atomic E-state index is 9.96. The van der Waals surface area contributed by atoms with E-state index in [4.69, 9.17) is 4.74 Å². The average molecular weight is 261 g/mol. The molecular formula is C15H17O2S+. The lowest BCUT2D eigenvalue weighted by Gasteiger charge is -2.08. The Morgan fingerprint density at radius 2 is 1.83 bits per heavy atom. The first-order chi connectivity index (χ1) is 8.79. The van der Waals surface area contributed by atoms with Crippen LogP contribution in [0.25, 0.3) is 10.8 Å². The summed E-state index contributed by atoms with van der Waals surface area (Å²) in [5.74, 6) is 3.80. The van der Waals surface area contributed by atoms with Crippen molar-refractivity contribution < 1.29 is 9.84 Å². The summed E-state index contributed by atoms with van der Waals surface area (Å²) in [6, 6.07) is 9.83. The molecule has 1 aliphatic rings. The number of benzene rings is 2. The minimum atomic E-state index is 0.350. The molecule has 0 atom stereocenters. The summed E-state index contributed by atoms with van der Waals surface area (Å²) >= 11 is 0. The zero-order valence-electron chi connectivity index (χ0n) is 10.5. The van der Waals surface area contributed by atoms with Gasteiger partial charge in [-0.1, -0.05) is 0 Å². The standard InChI is InChI=1S/C15H16O2S/c1-17-11-4-5-12-13(10-11)15(7-6-14(12)16)18-8-2-3-9-18/h4-7,10H,2-3,8-9H2,1H3/p+1. The third-order valence-corrected chi connectivity index (χ3v) is 6.04. The summed E-state index contributed by atoms with van der Waals surface area (Å²) in [6.45, 7) is 0. The Balaban J connectivity index is 2.20. The Morgan fingerprint density at radius 1 is 1.06 bits per heavy atom. The van der Waals surface area contributed by atoms with Gasteiger partial charge < -0.3 is 9.84 Å². The smallest absolute Gasteiger partial charge is 0.163 e. The van der Waals surface area contributed by atoms with Crippen molar-refractivity contribution in [2.24, 2.45) is 0 Å². The molecule has 3 heteroatoms. The van der Waals surface area contributed by atoms with Crippen LogP contribution in [0.2, 0.25) is 0 Å². The molecule has 3 rings (SSSR count). The van der Waals surface area contributed by atoms with Gasteiger partial charge in [-0.25, -0.2) is 0 Å². The highest BCUT2D eigenvalue weighted by Gasteiger charge is 2.29. The molecule has 1 aliphatic heterocycles. The fourth-order valence-corrected chi connectivity index (χ4v) is 5.03. The predicted octanol–water partition coefficient (Wildman–Crippen LogP) is 3.33. The van der Waals surface area contributed by atoms with E-state index in [0.29, 0.717) is 16.6 Å². The molecule has 0 unspecified atom stereocenters. The second kappa shape index (κ2) is 4.73. The van der Waals surface area contributed by atoms with Crippen LogP contribution in [0.15, 0.2) is 35.2 Å². The summed E-state index contributed by atoms with van der Waals surface area (Å²) in [7, 11) is 2.03. The molecule has 1 saturated heterocycles. The lowest BCUT2D eigenvalue weighted by Crippen LogP contribution is -2.04. The SMILES string of the molecule is COc1ccc2c(O)ccc([S+]3CCCC3)c2c1. The quantitative estimate of drug-likeness (QED) is 0.840. The van der Waals surface area contributed by atoms with Gasteiger partial charge in [0.25, 0.3) is 0 Å². The summed E-state index contributed by atoms with van der Waals surface area (Å²) in [5, 5.41) is 12.1. The number of hydrogen-bond donors (Lipinski definition) is 1. The molecule has 1 heterocycles. The van der Waals surface area contributed by atoms with Crippen LogP contribution in [-0.4, -0.2) is 23.7 Å². The Labute approximate surface area is 110 Å². The number of hydrogen-bond acceptors (Lipinski definition) is 2. The van der Waals surface area contributed by atoms with Crippen molar-refractivity contribution in [2.45, 2.75) is 17.7 Å². The Morgan fingerprint density at radius 3 is 2.56 bits per heavy atom. The summed E-state index contributed by atoms with van der Waals surface area (Å²) in [6.07, 6.45) is 2.66. The third kappa shape index (κ3) is 1.93. The van der Waals surface area contributed by atoms with Gasteiger partial charge in [-0.2, -0.15) is 0 Å². The van der Waals surface area contributed by atoms with E-state index in [2.05, 4.69) is 12.1 Å². The van der Waals surface area contributed by atoms with E-state index in [0.717, 1.165) is 16.5 Å². The van der Waals surface area contributed by atoms with Gasteiger partial charge in [-0.15, -0.1) is 0 Å². The third-order valence-electron chi connectivity index (χ3n) is 3.50. The molecule has 2 nitrogen and oxygen atoms in total. The van der Waals surface area contributed by atoms with Gasteiger partial charge >= 0.3 is 0 Å². The molecule has 0 radical (unpaired) electrons. The van der Waals surface area contributed by atoms with Crippen LogP contribution in [0.3, 0.4) is 0 Å². The number of rotatable bonds is 2. The Bertz CT molecular complexity index is 574. The van der Waals surface area contributed by atoms with Crippen molar-refractivity contribution in [3.05, 3.63) is 30.3 Å². The van der Waals surface area contributed by atoms with Crippen molar-refractivity contribution in [1.29, 1.82) is 0 Å². The molecule has 1 N–H and O–H groups in total. The van der Waals surface area contributed by atoms with Crippen LogP contribution in [0.4, 0.5) is 0 Å². The van der Waals surface area contributed by atoms with E-state index in [1.807, 2.05) is 18.2 Å². The highest BCUT2D eigenvalue weighted by atomic mass is 32.2.